The number of aryl methyl sites for hydroxylation is 1. The van der Waals surface area contributed by atoms with Crippen LogP contribution in [0, 0.1) is 6.92 Å². The van der Waals surface area contributed by atoms with Crippen molar-refractivity contribution in [1.29, 1.82) is 0 Å². The van der Waals surface area contributed by atoms with Crippen LogP contribution in [0.1, 0.15) is 18.4 Å². The lowest BCUT2D eigenvalue weighted by Gasteiger charge is -2.06. The van der Waals surface area contributed by atoms with Gasteiger partial charge >= 0.3 is 0 Å². The summed E-state index contributed by atoms with van der Waals surface area (Å²) in [5.41, 5.74) is 1.88. The van der Waals surface area contributed by atoms with Crippen LogP contribution in [0.25, 0.3) is 11.4 Å². The molecule has 3 aromatic rings. The van der Waals surface area contributed by atoms with Crippen molar-refractivity contribution in [3.8, 4) is 11.4 Å². The summed E-state index contributed by atoms with van der Waals surface area (Å²) in [4.78, 5) is 0. The number of hydrogen-bond donors (Lipinski definition) is 0. The molecule has 1 aromatic carbocycles. The number of aromatic nitrogens is 4. The van der Waals surface area contributed by atoms with Crippen molar-refractivity contribution in [2.75, 3.05) is 0 Å². The first-order valence-electron chi connectivity index (χ1n) is 6.91. The van der Waals surface area contributed by atoms with E-state index in [-0.39, 0.29) is 0 Å². The van der Waals surface area contributed by atoms with E-state index in [4.69, 9.17) is 16.1 Å². The minimum absolute atomic E-state index is 0.680. The third-order valence-electron chi connectivity index (χ3n) is 3.16. The molecule has 0 saturated heterocycles. The highest BCUT2D eigenvalue weighted by Gasteiger charge is 2.14. The van der Waals surface area contributed by atoms with E-state index in [1.807, 2.05) is 37.3 Å². The highest BCUT2D eigenvalue weighted by Crippen LogP contribution is 2.27. The maximum absolute atomic E-state index is 5.93. The molecule has 0 fully saturated rings. The maximum atomic E-state index is 5.93. The number of thioether (sulfide) groups is 1. The Balaban J connectivity index is 1.82. The second-order valence-corrected chi connectivity index (χ2v) is 6.16. The molecule has 3 rings (SSSR count). The van der Waals surface area contributed by atoms with Crippen molar-refractivity contribution in [3.63, 3.8) is 0 Å². The zero-order valence-corrected chi connectivity index (χ0v) is 13.9. The van der Waals surface area contributed by atoms with Gasteiger partial charge in [-0.15, -0.1) is 10.2 Å². The molecule has 0 unspecified atom stereocenters. The van der Waals surface area contributed by atoms with E-state index in [0.717, 1.165) is 34.5 Å². The van der Waals surface area contributed by atoms with Gasteiger partial charge < -0.3 is 9.09 Å². The second-order valence-electron chi connectivity index (χ2n) is 4.78. The fraction of sp³-hybridized carbons (Fsp3) is 0.267. The smallest absolute Gasteiger partial charge is 0.191 e. The Morgan fingerprint density at radius 1 is 1.23 bits per heavy atom. The molecular formula is C15H15ClN4OS. The monoisotopic (exact) mass is 334 g/mol. The molecule has 0 atom stereocenters. The van der Waals surface area contributed by atoms with Crippen molar-refractivity contribution in [1.82, 2.24) is 19.9 Å². The van der Waals surface area contributed by atoms with E-state index in [1.165, 1.54) is 0 Å². The van der Waals surface area contributed by atoms with E-state index in [9.17, 15) is 0 Å². The van der Waals surface area contributed by atoms with Crippen LogP contribution in [-0.4, -0.2) is 19.9 Å². The molecule has 0 radical (unpaired) electrons. The molecule has 0 aliphatic rings. The van der Waals surface area contributed by atoms with E-state index in [1.54, 1.807) is 11.8 Å². The van der Waals surface area contributed by atoms with Gasteiger partial charge in [0.25, 0.3) is 0 Å². The third-order valence-corrected chi connectivity index (χ3v) is 4.40. The van der Waals surface area contributed by atoms with Crippen LogP contribution in [0.5, 0.6) is 0 Å². The van der Waals surface area contributed by atoms with Crippen LogP contribution < -0.4 is 0 Å². The molecule has 0 bridgehead atoms. The Morgan fingerprint density at radius 3 is 2.64 bits per heavy atom. The Hall–Kier alpha value is -1.79. The molecule has 7 heteroatoms. The van der Waals surface area contributed by atoms with Crippen LogP contribution in [0.4, 0.5) is 0 Å². The van der Waals surface area contributed by atoms with Crippen molar-refractivity contribution in [3.05, 3.63) is 46.8 Å². The van der Waals surface area contributed by atoms with E-state index < -0.39 is 0 Å². The number of rotatable bonds is 5. The van der Waals surface area contributed by atoms with E-state index in [0.29, 0.717) is 10.8 Å². The average molecular weight is 335 g/mol. The molecular weight excluding hydrogens is 320 g/mol. The number of benzene rings is 1. The normalized spacial score (nSPS) is 11.0. The first-order chi connectivity index (χ1) is 10.7. The lowest BCUT2D eigenvalue weighted by molar-refractivity contribution is 0.391. The molecule has 22 heavy (non-hydrogen) atoms. The maximum Gasteiger partial charge on any atom is 0.191 e. The Labute approximate surface area is 137 Å². The van der Waals surface area contributed by atoms with Gasteiger partial charge in [-0.1, -0.05) is 28.5 Å². The summed E-state index contributed by atoms with van der Waals surface area (Å²) < 4.78 is 7.30. The molecule has 0 N–H and O–H groups in total. The lowest BCUT2D eigenvalue weighted by atomic mass is 10.2. The van der Waals surface area contributed by atoms with Gasteiger partial charge in [0.1, 0.15) is 5.76 Å². The summed E-state index contributed by atoms with van der Waals surface area (Å²) in [5, 5.41) is 14.1. The van der Waals surface area contributed by atoms with Crippen LogP contribution >= 0.6 is 23.4 Å². The molecule has 5 nitrogen and oxygen atoms in total. The zero-order valence-electron chi connectivity index (χ0n) is 12.3. The van der Waals surface area contributed by atoms with Crippen LogP contribution in [0.15, 0.2) is 40.0 Å². The zero-order chi connectivity index (χ0) is 15.5. The van der Waals surface area contributed by atoms with Gasteiger partial charge in [-0.3, -0.25) is 0 Å². The van der Waals surface area contributed by atoms with Crippen molar-refractivity contribution < 1.29 is 4.52 Å². The Kier molecular flexibility index (Phi) is 4.49. The minimum atomic E-state index is 0.680. The number of hydrogen-bond acceptors (Lipinski definition) is 5. The molecule has 0 amide bonds. The molecule has 0 aliphatic heterocycles. The van der Waals surface area contributed by atoms with Crippen LogP contribution in [-0.2, 0) is 12.3 Å². The summed E-state index contributed by atoms with van der Waals surface area (Å²) in [5.74, 6) is 2.36. The second kappa shape index (κ2) is 6.54. The van der Waals surface area contributed by atoms with Crippen LogP contribution in [0.3, 0.4) is 0 Å². The Morgan fingerprint density at radius 2 is 2.00 bits per heavy atom. The van der Waals surface area contributed by atoms with Crippen molar-refractivity contribution >= 4 is 23.4 Å². The molecule has 2 heterocycles. The number of halogens is 1. The average Bonchev–Trinajstić information content (AvgIpc) is 3.11. The standard InChI is InChI=1S/C15H15ClN4OS/c1-3-20-14(11-4-6-12(16)7-5-11)17-18-15(20)22-9-13-8-10(2)19-21-13/h4-8H,3,9H2,1-2H3. The first-order valence-corrected chi connectivity index (χ1v) is 8.28. The molecule has 2 aromatic heterocycles. The van der Waals surface area contributed by atoms with E-state index in [2.05, 4.69) is 26.8 Å². The Bertz CT molecular complexity index is 766. The highest BCUT2D eigenvalue weighted by molar-refractivity contribution is 7.98. The number of nitrogens with zero attached hydrogens (tertiary/aromatic N) is 4. The topological polar surface area (TPSA) is 56.7 Å². The predicted molar refractivity (Wildman–Crippen MR) is 86.9 cm³/mol. The summed E-state index contributed by atoms with van der Waals surface area (Å²) in [7, 11) is 0. The SMILES string of the molecule is CCn1c(SCc2cc(C)no2)nnc1-c1ccc(Cl)cc1. The lowest BCUT2D eigenvalue weighted by Crippen LogP contribution is -1.99. The quantitative estimate of drug-likeness (QED) is 0.654. The fourth-order valence-electron chi connectivity index (χ4n) is 2.11. The summed E-state index contributed by atoms with van der Waals surface area (Å²) in [6.07, 6.45) is 0. The summed E-state index contributed by atoms with van der Waals surface area (Å²) >= 11 is 7.52. The third kappa shape index (κ3) is 3.18. The van der Waals surface area contributed by atoms with Gasteiger partial charge in [0.15, 0.2) is 11.0 Å². The van der Waals surface area contributed by atoms with Gasteiger partial charge in [0.2, 0.25) is 0 Å². The van der Waals surface area contributed by atoms with Gasteiger partial charge in [0, 0.05) is 23.2 Å². The van der Waals surface area contributed by atoms with Crippen molar-refractivity contribution in [2.45, 2.75) is 31.3 Å². The van der Waals surface area contributed by atoms with Crippen molar-refractivity contribution in [2.24, 2.45) is 0 Å². The predicted octanol–water partition coefficient (Wildman–Crippen LogP) is 4.21. The van der Waals surface area contributed by atoms with Gasteiger partial charge in [-0.2, -0.15) is 0 Å². The summed E-state index contributed by atoms with van der Waals surface area (Å²) in [6.45, 7) is 4.78. The van der Waals surface area contributed by atoms with Crippen LogP contribution in [0.2, 0.25) is 5.02 Å². The highest BCUT2D eigenvalue weighted by atomic mass is 35.5. The molecule has 0 aliphatic carbocycles. The fourth-order valence-corrected chi connectivity index (χ4v) is 3.12. The minimum Gasteiger partial charge on any atom is -0.360 e. The molecule has 114 valence electrons. The van der Waals surface area contributed by atoms with E-state index >= 15 is 0 Å². The molecule has 0 saturated carbocycles. The first kappa shape index (κ1) is 15.1. The summed E-state index contributed by atoms with van der Waals surface area (Å²) in [6, 6.07) is 9.55. The van der Waals surface area contributed by atoms with Gasteiger partial charge in [0.05, 0.1) is 11.4 Å². The molecule has 0 spiro atoms. The largest absolute Gasteiger partial charge is 0.360 e. The van der Waals surface area contributed by atoms with Gasteiger partial charge in [-0.05, 0) is 38.1 Å². The van der Waals surface area contributed by atoms with Gasteiger partial charge in [-0.25, -0.2) is 0 Å².